The topological polar surface area (TPSA) is 39.7 Å². The van der Waals surface area contributed by atoms with E-state index < -0.39 is 0 Å². The molecule has 1 heterocycles. The van der Waals surface area contributed by atoms with Crippen LogP contribution in [0, 0.1) is 12.8 Å². The van der Waals surface area contributed by atoms with E-state index in [1.165, 1.54) is 23.2 Å². The molecule has 0 aromatic heterocycles. The fraction of sp³-hybridized carbons (Fsp3) is 0.381. The quantitative estimate of drug-likeness (QED) is 0.651. The van der Waals surface area contributed by atoms with Crippen LogP contribution in [-0.2, 0) is 6.54 Å². The second kappa shape index (κ2) is 8.56. The number of rotatable bonds is 5. The molecule has 0 bridgehead atoms. The maximum absolute atomic E-state index is 4.35. The molecule has 4 nitrogen and oxygen atoms in total. The standard InChI is InChI=1S/C21H28N4/c1-17-8-6-7-9-19(17)15-24-21(22-2)23-14-18-12-13-25(16-18)20-10-4-3-5-11-20/h3-11,18H,12-16H2,1-2H3,(H2,22,23,24). The number of hydrogen-bond donors (Lipinski definition) is 2. The van der Waals surface area contributed by atoms with Crippen molar-refractivity contribution in [1.82, 2.24) is 10.6 Å². The summed E-state index contributed by atoms with van der Waals surface area (Å²) in [6.07, 6.45) is 1.22. The fourth-order valence-corrected chi connectivity index (χ4v) is 3.32. The Morgan fingerprint density at radius 1 is 1.08 bits per heavy atom. The minimum atomic E-state index is 0.650. The first-order valence-corrected chi connectivity index (χ1v) is 9.05. The summed E-state index contributed by atoms with van der Waals surface area (Å²) in [6.45, 7) is 6.13. The third kappa shape index (κ3) is 4.75. The van der Waals surface area contributed by atoms with Gasteiger partial charge >= 0.3 is 0 Å². The Bertz CT molecular complexity index is 696. The average molecular weight is 336 g/mol. The molecular weight excluding hydrogens is 308 g/mol. The molecule has 1 unspecified atom stereocenters. The molecule has 0 radical (unpaired) electrons. The molecule has 4 heteroatoms. The number of nitrogens with zero attached hydrogens (tertiary/aromatic N) is 2. The van der Waals surface area contributed by atoms with Crippen molar-refractivity contribution in [2.24, 2.45) is 10.9 Å². The van der Waals surface area contributed by atoms with E-state index in [9.17, 15) is 0 Å². The fourth-order valence-electron chi connectivity index (χ4n) is 3.32. The highest BCUT2D eigenvalue weighted by molar-refractivity contribution is 5.79. The smallest absolute Gasteiger partial charge is 0.191 e. The maximum atomic E-state index is 4.35. The van der Waals surface area contributed by atoms with Gasteiger partial charge in [-0.3, -0.25) is 4.99 Å². The molecule has 2 N–H and O–H groups in total. The summed E-state index contributed by atoms with van der Waals surface area (Å²) in [5.41, 5.74) is 3.94. The number of anilines is 1. The van der Waals surface area contributed by atoms with Gasteiger partial charge in [0.05, 0.1) is 0 Å². The van der Waals surface area contributed by atoms with Crippen molar-refractivity contribution in [2.45, 2.75) is 19.9 Å². The van der Waals surface area contributed by atoms with Gasteiger partial charge in [0.25, 0.3) is 0 Å². The Labute approximate surface area is 151 Å². The predicted molar refractivity (Wildman–Crippen MR) is 106 cm³/mol. The SMILES string of the molecule is CN=C(NCc1ccccc1C)NCC1CCN(c2ccccc2)C1. The predicted octanol–water partition coefficient (Wildman–Crippen LogP) is 3.19. The Hall–Kier alpha value is -2.49. The van der Waals surface area contributed by atoms with Crippen LogP contribution in [-0.4, -0.2) is 32.6 Å². The van der Waals surface area contributed by atoms with Gasteiger partial charge in [0.15, 0.2) is 5.96 Å². The lowest BCUT2D eigenvalue weighted by molar-refractivity contribution is 0.565. The number of guanidine groups is 1. The zero-order chi connectivity index (χ0) is 17.5. The van der Waals surface area contributed by atoms with Gasteiger partial charge in [-0.05, 0) is 42.5 Å². The number of para-hydroxylation sites is 1. The van der Waals surface area contributed by atoms with Crippen molar-refractivity contribution in [2.75, 3.05) is 31.6 Å². The number of benzene rings is 2. The normalized spacial score (nSPS) is 17.6. The van der Waals surface area contributed by atoms with Crippen LogP contribution in [0.2, 0.25) is 0 Å². The van der Waals surface area contributed by atoms with Crippen molar-refractivity contribution in [1.29, 1.82) is 0 Å². The van der Waals surface area contributed by atoms with Crippen LogP contribution >= 0.6 is 0 Å². The van der Waals surface area contributed by atoms with Gasteiger partial charge in [-0.1, -0.05) is 42.5 Å². The molecule has 1 aliphatic rings. The van der Waals surface area contributed by atoms with Crippen LogP contribution in [0.15, 0.2) is 59.6 Å². The Kier molecular flexibility index (Phi) is 5.94. The molecule has 0 saturated carbocycles. The number of aryl methyl sites for hydroxylation is 1. The molecule has 1 atom stereocenters. The zero-order valence-corrected chi connectivity index (χ0v) is 15.2. The maximum Gasteiger partial charge on any atom is 0.191 e. The van der Waals surface area contributed by atoms with Crippen molar-refractivity contribution < 1.29 is 0 Å². The van der Waals surface area contributed by atoms with Gasteiger partial charge in [-0.25, -0.2) is 0 Å². The summed E-state index contributed by atoms with van der Waals surface area (Å²) in [6, 6.07) is 19.1. The van der Waals surface area contributed by atoms with Crippen LogP contribution in [0.3, 0.4) is 0 Å². The summed E-state index contributed by atoms with van der Waals surface area (Å²) in [5, 5.41) is 6.90. The van der Waals surface area contributed by atoms with E-state index in [1.54, 1.807) is 0 Å². The molecule has 25 heavy (non-hydrogen) atoms. The highest BCUT2D eigenvalue weighted by Crippen LogP contribution is 2.22. The van der Waals surface area contributed by atoms with E-state index in [4.69, 9.17) is 0 Å². The average Bonchev–Trinajstić information content (AvgIpc) is 3.13. The van der Waals surface area contributed by atoms with E-state index in [0.29, 0.717) is 5.92 Å². The van der Waals surface area contributed by atoms with Crippen LogP contribution in [0.5, 0.6) is 0 Å². The van der Waals surface area contributed by atoms with Gasteiger partial charge in [0.1, 0.15) is 0 Å². The largest absolute Gasteiger partial charge is 0.371 e. The van der Waals surface area contributed by atoms with E-state index >= 15 is 0 Å². The minimum Gasteiger partial charge on any atom is -0.371 e. The lowest BCUT2D eigenvalue weighted by Crippen LogP contribution is -2.40. The third-order valence-corrected chi connectivity index (χ3v) is 4.90. The molecule has 2 aromatic carbocycles. The first-order chi connectivity index (χ1) is 12.3. The zero-order valence-electron chi connectivity index (χ0n) is 15.2. The molecule has 0 spiro atoms. The highest BCUT2D eigenvalue weighted by atomic mass is 15.2. The van der Waals surface area contributed by atoms with E-state index in [-0.39, 0.29) is 0 Å². The lowest BCUT2D eigenvalue weighted by atomic mass is 10.1. The van der Waals surface area contributed by atoms with Gasteiger partial charge in [-0.15, -0.1) is 0 Å². The number of aliphatic imine (C=N–C) groups is 1. The van der Waals surface area contributed by atoms with Crippen molar-refractivity contribution in [3.8, 4) is 0 Å². The van der Waals surface area contributed by atoms with Crippen molar-refractivity contribution in [3.05, 3.63) is 65.7 Å². The molecular formula is C21H28N4. The monoisotopic (exact) mass is 336 g/mol. The summed E-state index contributed by atoms with van der Waals surface area (Å²) < 4.78 is 0. The molecule has 1 saturated heterocycles. The van der Waals surface area contributed by atoms with Crippen LogP contribution < -0.4 is 15.5 Å². The van der Waals surface area contributed by atoms with E-state index in [2.05, 4.69) is 82.0 Å². The summed E-state index contributed by atoms with van der Waals surface area (Å²) >= 11 is 0. The van der Waals surface area contributed by atoms with Crippen molar-refractivity contribution in [3.63, 3.8) is 0 Å². The lowest BCUT2D eigenvalue weighted by Gasteiger charge is -2.19. The molecule has 1 aliphatic heterocycles. The van der Waals surface area contributed by atoms with Crippen LogP contribution in [0.25, 0.3) is 0 Å². The van der Waals surface area contributed by atoms with Crippen molar-refractivity contribution >= 4 is 11.6 Å². The number of hydrogen-bond acceptors (Lipinski definition) is 2. The molecule has 3 rings (SSSR count). The third-order valence-electron chi connectivity index (χ3n) is 4.90. The summed E-state index contributed by atoms with van der Waals surface area (Å²) in [7, 11) is 1.83. The second-order valence-corrected chi connectivity index (χ2v) is 6.67. The van der Waals surface area contributed by atoms with Gasteiger partial charge in [-0.2, -0.15) is 0 Å². The Balaban J connectivity index is 1.45. The van der Waals surface area contributed by atoms with Gasteiger partial charge in [0.2, 0.25) is 0 Å². The number of nitrogens with one attached hydrogen (secondary N) is 2. The highest BCUT2D eigenvalue weighted by Gasteiger charge is 2.22. The molecule has 0 amide bonds. The minimum absolute atomic E-state index is 0.650. The molecule has 1 fully saturated rings. The van der Waals surface area contributed by atoms with Gasteiger partial charge < -0.3 is 15.5 Å². The Morgan fingerprint density at radius 3 is 2.60 bits per heavy atom. The van der Waals surface area contributed by atoms with Gasteiger partial charge in [0, 0.05) is 38.9 Å². The first kappa shape index (κ1) is 17.3. The molecule has 2 aromatic rings. The Morgan fingerprint density at radius 2 is 1.84 bits per heavy atom. The van der Waals surface area contributed by atoms with E-state index in [0.717, 1.165) is 32.1 Å². The second-order valence-electron chi connectivity index (χ2n) is 6.67. The first-order valence-electron chi connectivity index (χ1n) is 9.05. The van der Waals surface area contributed by atoms with E-state index in [1.807, 2.05) is 7.05 Å². The molecule has 132 valence electrons. The summed E-state index contributed by atoms with van der Waals surface area (Å²) in [5.74, 6) is 1.53. The molecule has 0 aliphatic carbocycles. The summed E-state index contributed by atoms with van der Waals surface area (Å²) in [4.78, 5) is 6.82. The van der Waals surface area contributed by atoms with Crippen LogP contribution in [0.1, 0.15) is 17.5 Å². The van der Waals surface area contributed by atoms with Crippen LogP contribution in [0.4, 0.5) is 5.69 Å².